The van der Waals surface area contributed by atoms with E-state index in [-0.39, 0.29) is 40.7 Å². The zero-order valence-corrected chi connectivity index (χ0v) is 23.0. The van der Waals surface area contributed by atoms with E-state index in [0.717, 1.165) is 16.5 Å². The minimum Gasteiger partial charge on any atom is -0.489 e. The van der Waals surface area contributed by atoms with Crippen molar-refractivity contribution in [3.05, 3.63) is 53.2 Å². The number of hydrogen-bond acceptors (Lipinski definition) is 7. The number of nitrogens with one attached hydrogen (secondary N) is 1. The number of halogens is 2. The number of carbonyl (C=O) groups is 1. The van der Waals surface area contributed by atoms with Crippen LogP contribution in [0.25, 0.3) is 32.9 Å². The number of aromatic amines is 1. The topological polar surface area (TPSA) is 90.5 Å². The summed E-state index contributed by atoms with van der Waals surface area (Å²) in [4.78, 5) is 27.9. The van der Waals surface area contributed by atoms with E-state index in [1.54, 1.807) is 12.3 Å². The number of amides is 1. The van der Waals surface area contributed by atoms with Gasteiger partial charge < -0.3 is 19.4 Å². The summed E-state index contributed by atoms with van der Waals surface area (Å²) in [5.74, 6) is 0.331. The number of piperazine rings is 1. The van der Waals surface area contributed by atoms with Crippen LogP contribution in [0.1, 0.15) is 12.5 Å². The summed E-state index contributed by atoms with van der Waals surface area (Å²) in [6.07, 6.45) is 6.53. The lowest BCUT2D eigenvalue weighted by Gasteiger charge is -2.44. The molecule has 6 rings (SSSR count). The minimum atomic E-state index is -0.533. The third-order valence-electron chi connectivity index (χ3n) is 7.53. The van der Waals surface area contributed by atoms with Gasteiger partial charge in [0.15, 0.2) is 11.6 Å². The van der Waals surface area contributed by atoms with E-state index >= 15 is 4.39 Å². The molecule has 0 saturated carbocycles. The van der Waals surface area contributed by atoms with Crippen LogP contribution in [0.15, 0.2) is 36.8 Å². The molecule has 11 heteroatoms. The van der Waals surface area contributed by atoms with Gasteiger partial charge in [-0.1, -0.05) is 23.7 Å². The Labute approximate surface area is 230 Å². The van der Waals surface area contributed by atoms with Gasteiger partial charge in [-0.05, 0) is 39.6 Å². The lowest BCUT2D eigenvalue weighted by atomic mass is 9.94. The van der Waals surface area contributed by atoms with Crippen molar-refractivity contribution in [2.75, 3.05) is 45.2 Å². The number of benzene rings is 2. The number of anilines is 1. The van der Waals surface area contributed by atoms with Crippen LogP contribution in [0.4, 0.5) is 10.2 Å². The Balaban J connectivity index is 1.45. The average molecular weight is 550 g/mol. The molecular formula is C28H29ClFN7O2. The summed E-state index contributed by atoms with van der Waals surface area (Å²) in [6, 6.07) is 3.52. The van der Waals surface area contributed by atoms with E-state index in [0.29, 0.717) is 42.2 Å². The lowest BCUT2D eigenvalue weighted by molar-refractivity contribution is -0.129. The molecule has 2 atom stereocenters. The predicted octanol–water partition coefficient (Wildman–Crippen LogP) is 4.19. The van der Waals surface area contributed by atoms with E-state index in [9.17, 15) is 4.79 Å². The molecule has 0 aliphatic carbocycles. The second kappa shape index (κ2) is 9.77. The van der Waals surface area contributed by atoms with Crippen LogP contribution < -0.4 is 9.64 Å². The van der Waals surface area contributed by atoms with Crippen molar-refractivity contribution >= 4 is 45.1 Å². The Bertz CT molecular complexity index is 1640. The molecule has 2 aliphatic rings. The maximum absolute atomic E-state index is 16.4. The summed E-state index contributed by atoms with van der Waals surface area (Å²) in [5, 5.41) is 8.46. The van der Waals surface area contributed by atoms with Crippen LogP contribution in [0.5, 0.6) is 5.75 Å². The monoisotopic (exact) mass is 549 g/mol. The highest BCUT2D eigenvalue weighted by Gasteiger charge is 2.39. The molecule has 4 heterocycles. The van der Waals surface area contributed by atoms with Gasteiger partial charge in [0.05, 0.1) is 28.2 Å². The fourth-order valence-corrected chi connectivity index (χ4v) is 5.93. The molecular weight excluding hydrogens is 521 g/mol. The Morgan fingerprint density at radius 2 is 2.10 bits per heavy atom. The highest BCUT2D eigenvalue weighted by atomic mass is 35.5. The van der Waals surface area contributed by atoms with Crippen LogP contribution in [0.3, 0.4) is 0 Å². The molecule has 1 N–H and O–H groups in total. The number of aromatic nitrogens is 4. The van der Waals surface area contributed by atoms with Crippen molar-refractivity contribution in [1.29, 1.82) is 0 Å². The second-order valence-corrected chi connectivity index (χ2v) is 10.8. The van der Waals surface area contributed by atoms with Crippen LogP contribution >= 0.6 is 11.6 Å². The molecule has 1 amide bonds. The zero-order chi connectivity index (χ0) is 27.4. The lowest BCUT2D eigenvalue weighted by Crippen LogP contribution is -2.60. The van der Waals surface area contributed by atoms with E-state index in [4.69, 9.17) is 16.3 Å². The number of nitrogens with zero attached hydrogens (tertiary/aromatic N) is 6. The van der Waals surface area contributed by atoms with Gasteiger partial charge in [-0.2, -0.15) is 5.10 Å². The van der Waals surface area contributed by atoms with E-state index < -0.39 is 5.82 Å². The number of fused-ring (bicyclic) bond motifs is 3. The Morgan fingerprint density at radius 1 is 1.28 bits per heavy atom. The van der Waals surface area contributed by atoms with Gasteiger partial charge in [-0.3, -0.25) is 9.89 Å². The Hall–Kier alpha value is -3.76. The van der Waals surface area contributed by atoms with Gasteiger partial charge in [-0.15, -0.1) is 0 Å². The van der Waals surface area contributed by atoms with E-state index in [2.05, 4.69) is 25.1 Å². The normalized spacial score (nSPS) is 19.2. The summed E-state index contributed by atoms with van der Waals surface area (Å²) in [7, 11) is 3.91. The minimum absolute atomic E-state index is 0.0476. The molecule has 2 aromatic heterocycles. The Morgan fingerprint density at radius 3 is 2.90 bits per heavy atom. The largest absolute Gasteiger partial charge is 0.489 e. The van der Waals surface area contributed by atoms with Crippen LogP contribution in [-0.2, 0) is 4.79 Å². The molecule has 39 heavy (non-hydrogen) atoms. The standard InChI is InChI=1S/C28H29ClFN7O2/c1-15-7-8-19-18(10-33-34-19)21(15)22-24(29)27-23-26(25(22)30)31-14-32-28(23)37-11-16(2)36(12-17(37)13-39-27)20(38)6-5-9-35(3)4/h5-8,10,14,16-17H,9,11-13H2,1-4H3,(H,33,34)/b6-5+/t16-,17+/m1/s1. The van der Waals surface area contributed by atoms with Gasteiger partial charge >= 0.3 is 0 Å². The number of carbonyl (C=O) groups excluding carboxylic acids is 1. The van der Waals surface area contributed by atoms with Gasteiger partial charge in [0.1, 0.15) is 24.3 Å². The van der Waals surface area contributed by atoms with Crippen LogP contribution in [0, 0.1) is 12.7 Å². The van der Waals surface area contributed by atoms with Crippen LogP contribution in [-0.4, -0.2) is 88.3 Å². The summed E-state index contributed by atoms with van der Waals surface area (Å²) in [5.41, 5.74) is 2.64. The number of aryl methyl sites for hydroxylation is 1. The van der Waals surface area contributed by atoms with E-state index in [1.807, 2.05) is 56.0 Å². The number of hydrogen-bond donors (Lipinski definition) is 1. The molecule has 9 nitrogen and oxygen atoms in total. The van der Waals surface area contributed by atoms with Crippen molar-refractivity contribution in [2.45, 2.75) is 25.9 Å². The quantitative estimate of drug-likeness (QED) is 0.382. The van der Waals surface area contributed by atoms with Crippen molar-refractivity contribution in [2.24, 2.45) is 0 Å². The zero-order valence-electron chi connectivity index (χ0n) is 22.2. The molecule has 1 fully saturated rings. The smallest absolute Gasteiger partial charge is 0.246 e. The maximum atomic E-state index is 16.4. The summed E-state index contributed by atoms with van der Waals surface area (Å²) in [6.45, 7) is 5.80. The highest BCUT2D eigenvalue weighted by Crippen LogP contribution is 2.49. The first-order valence-corrected chi connectivity index (χ1v) is 13.2. The number of rotatable bonds is 4. The molecule has 202 valence electrons. The second-order valence-electron chi connectivity index (χ2n) is 10.5. The molecule has 0 unspecified atom stereocenters. The number of likely N-dealkylation sites (N-methyl/N-ethyl adjacent to an activating group) is 1. The molecule has 2 aromatic carbocycles. The average Bonchev–Trinajstić information content (AvgIpc) is 3.32. The molecule has 0 spiro atoms. The fourth-order valence-electron chi connectivity index (χ4n) is 5.61. The molecule has 1 saturated heterocycles. The van der Waals surface area contributed by atoms with E-state index in [1.165, 1.54) is 6.33 Å². The predicted molar refractivity (Wildman–Crippen MR) is 150 cm³/mol. The van der Waals surface area contributed by atoms with Crippen molar-refractivity contribution in [3.63, 3.8) is 0 Å². The molecule has 2 aliphatic heterocycles. The third kappa shape index (κ3) is 4.18. The van der Waals surface area contributed by atoms with Crippen molar-refractivity contribution in [1.82, 2.24) is 30.0 Å². The maximum Gasteiger partial charge on any atom is 0.246 e. The SMILES string of the molecule is Cc1ccc2[nH]ncc2c1-c1c(Cl)c2c3c(ncnc3c1F)N1C[C@@H](C)N(C(=O)/C=C/CN(C)C)C[C@H]1CO2. The van der Waals surface area contributed by atoms with Gasteiger partial charge in [-0.25, -0.2) is 14.4 Å². The van der Waals surface area contributed by atoms with Gasteiger partial charge in [0.25, 0.3) is 0 Å². The van der Waals surface area contributed by atoms with Gasteiger partial charge in [0.2, 0.25) is 5.91 Å². The highest BCUT2D eigenvalue weighted by molar-refractivity contribution is 6.37. The van der Waals surface area contributed by atoms with Crippen LogP contribution in [0.2, 0.25) is 5.02 Å². The first-order chi connectivity index (χ1) is 18.8. The number of H-pyrrole nitrogens is 1. The summed E-state index contributed by atoms with van der Waals surface area (Å²) < 4.78 is 22.7. The van der Waals surface area contributed by atoms with Crippen molar-refractivity contribution < 1.29 is 13.9 Å². The molecule has 0 radical (unpaired) electrons. The van der Waals surface area contributed by atoms with Crippen molar-refractivity contribution in [3.8, 4) is 16.9 Å². The number of ether oxygens (including phenoxy) is 1. The third-order valence-corrected chi connectivity index (χ3v) is 7.89. The summed E-state index contributed by atoms with van der Waals surface area (Å²) >= 11 is 6.99. The molecule has 4 aromatic rings. The van der Waals surface area contributed by atoms with Gasteiger partial charge in [0, 0.05) is 48.3 Å². The first-order valence-electron chi connectivity index (χ1n) is 12.9. The Kier molecular flexibility index (Phi) is 6.39. The first kappa shape index (κ1) is 25.5. The fraction of sp³-hybridized carbons (Fsp3) is 0.357. The molecule has 0 bridgehead atoms.